The Morgan fingerprint density at radius 3 is 2.61 bits per heavy atom. The molecule has 3 heterocycles. The fourth-order valence-corrected chi connectivity index (χ4v) is 5.74. The van der Waals surface area contributed by atoms with E-state index in [1.807, 2.05) is 73.7 Å². The average Bonchev–Trinajstić information content (AvgIpc) is 3.37. The molecule has 33 heavy (non-hydrogen) atoms. The molecule has 0 radical (unpaired) electrons. The van der Waals surface area contributed by atoms with Crippen LogP contribution >= 0.6 is 11.8 Å². The van der Waals surface area contributed by atoms with Gasteiger partial charge in [0, 0.05) is 22.4 Å². The van der Waals surface area contributed by atoms with Crippen LogP contribution in [0.3, 0.4) is 0 Å². The normalized spacial score (nSPS) is 20.6. The number of carbonyl (C=O) groups excluding carboxylic acids is 2. The van der Waals surface area contributed by atoms with Gasteiger partial charge in [-0.1, -0.05) is 84.1 Å². The van der Waals surface area contributed by atoms with Gasteiger partial charge in [-0.25, -0.2) is 4.68 Å². The molecular weight excluding hydrogens is 434 g/mol. The van der Waals surface area contributed by atoms with Crippen molar-refractivity contribution in [2.24, 2.45) is 0 Å². The fraction of sp³-hybridized carbons (Fsp3) is 0.120. The molecule has 2 N–H and O–H groups in total. The van der Waals surface area contributed by atoms with Gasteiger partial charge in [0.05, 0.1) is 0 Å². The maximum absolute atomic E-state index is 13.7. The first-order valence-corrected chi connectivity index (χ1v) is 11.4. The summed E-state index contributed by atoms with van der Waals surface area (Å²) in [5, 5.41) is 11.5. The van der Waals surface area contributed by atoms with E-state index in [-0.39, 0.29) is 11.7 Å². The first kappa shape index (κ1) is 19.8. The van der Waals surface area contributed by atoms with Crippen LogP contribution in [0, 0.1) is 6.92 Å². The first-order valence-electron chi connectivity index (χ1n) is 10.6. The summed E-state index contributed by atoms with van der Waals surface area (Å²) in [6.45, 7) is 2.01. The highest BCUT2D eigenvalue weighted by Gasteiger charge is 2.59. The maximum Gasteiger partial charge on any atom is 0.257 e. The van der Waals surface area contributed by atoms with Gasteiger partial charge < -0.3 is 10.7 Å². The zero-order valence-electron chi connectivity index (χ0n) is 17.6. The number of anilines is 1. The smallest absolute Gasteiger partial charge is 0.257 e. The number of aromatic nitrogens is 3. The average molecular weight is 454 g/mol. The Kier molecular flexibility index (Phi) is 4.38. The van der Waals surface area contributed by atoms with Gasteiger partial charge in [-0.2, -0.15) is 0 Å². The van der Waals surface area contributed by atoms with Crippen LogP contribution < -0.4 is 10.7 Å². The van der Waals surface area contributed by atoms with Crippen molar-refractivity contribution in [2.45, 2.75) is 22.9 Å². The van der Waals surface area contributed by atoms with E-state index < -0.39 is 10.8 Å². The number of thioether (sulfide) groups is 1. The van der Waals surface area contributed by atoms with Crippen molar-refractivity contribution in [3.05, 3.63) is 95.6 Å². The lowest BCUT2D eigenvalue weighted by atomic mass is 9.84. The summed E-state index contributed by atoms with van der Waals surface area (Å²) in [5.74, 6) is 0.162. The number of carbonyl (C=O) groups is 2. The van der Waals surface area contributed by atoms with Crippen LogP contribution in [0.25, 0.3) is 11.4 Å². The number of hydrogen-bond acceptors (Lipinski definition) is 6. The molecule has 0 bridgehead atoms. The molecule has 1 spiro atoms. The van der Waals surface area contributed by atoms with Crippen LogP contribution in [0.15, 0.2) is 84.0 Å². The van der Waals surface area contributed by atoms with Gasteiger partial charge in [-0.15, -0.1) is 10.2 Å². The topological polar surface area (TPSA) is 88.9 Å². The van der Waals surface area contributed by atoms with E-state index in [0.29, 0.717) is 22.2 Å². The lowest BCUT2D eigenvalue weighted by Crippen LogP contribution is -2.58. The number of nitrogens with one attached hydrogen (secondary N) is 2. The molecule has 0 aliphatic carbocycles. The minimum atomic E-state index is -1.32. The standard InChI is InChI=1S/C25H19N5O2S/c1-15-8-7-11-17(14-15)22-27-28-24-30(22)29-25(18-12-5-6-13-19(18)26-23(25)32)21(33-24)20(31)16-9-3-2-4-10-16/h2-14,21,29H,1H3,(H,26,32). The van der Waals surface area contributed by atoms with E-state index >= 15 is 0 Å². The van der Waals surface area contributed by atoms with Crippen molar-refractivity contribution in [1.82, 2.24) is 14.9 Å². The Labute approximate surface area is 194 Å². The van der Waals surface area contributed by atoms with Gasteiger partial charge in [0.2, 0.25) is 5.16 Å². The highest BCUT2D eigenvalue weighted by atomic mass is 32.2. The van der Waals surface area contributed by atoms with E-state index in [1.165, 1.54) is 11.8 Å². The Hall–Kier alpha value is -3.91. The van der Waals surface area contributed by atoms with Crippen LogP contribution in [0.4, 0.5) is 5.69 Å². The Morgan fingerprint density at radius 1 is 1.00 bits per heavy atom. The Balaban J connectivity index is 1.55. The lowest BCUT2D eigenvalue weighted by molar-refractivity contribution is -0.120. The second-order valence-corrected chi connectivity index (χ2v) is 9.23. The van der Waals surface area contributed by atoms with Crippen LogP contribution in [-0.2, 0) is 10.3 Å². The molecule has 0 fully saturated rings. The summed E-state index contributed by atoms with van der Waals surface area (Å²) in [7, 11) is 0. The molecule has 7 nitrogen and oxygen atoms in total. The first-order chi connectivity index (χ1) is 16.1. The highest BCUT2D eigenvalue weighted by molar-refractivity contribution is 8.00. The largest absolute Gasteiger partial charge is 0.323 e. The number of fused-ring (bicyclic) bond motifs is 3. The van der Waals surface area contributed by atoms with Gasteiger partial charge in [-0.3, -0.25) is 9.59 Å². The number of amides is 1. The molecule has 2 aliphatic heterocycles. The third-order valence-corrected chi connectivity index (χ3v) is 7.35. The van der Waals surface area contributed by atoms with Gasteiger partial charge in [-0.05, 0) is 19.1 Å². The predicted molar refractivity (Wildman–Crippen MR) is 127 cm³/mol. The number of hydrogen-bond donors (Lipinski definition) is 2. The minimum Gasteiger partial charge on any atom is -0.323 e. The zero-order valence-corrected chi connectivity index (χ0v) is 18.5. The number of Topliss-reactive ketones (excluding diaryl/α,β-unsaturated/α-hetero) is 1. The zero-order chi connectivity index (χ0) is 22.6. The maximum atomic E-state index is 13.7. The molecule has 2 unspecified atom stereocenters. The van der Waals surface area contributed by atoms with E-state index in [0.717, 1.165) is 16.7 Å². The number of para-hydroxylation sites is 1. The van der Waals surface area contributed by atoms with Gasteiger partial charge in [0.1, 0.15) is 5.25 Å². The molecule has 0 saturated carbocycles. The highest BCUT2D eigenvalue weighted by Crippen LogP contribution is 2.49. The van der Waals surface area contributed by atoms with Crippen LogP contribution in [0.1, 0.15) is 21.5 Å². The van der Waals surface area contributed by atoms with Crippen molar-refractivity contribution in [3.63, 3.8) is 0 Å². The predicted octanol–water partition coefficient (Wildman–Crippen LogP) is 4.00. The summed E-state index contributed by atoms with van der Waals surface area (Å²) in [4.78, 5) is 27.3. The molecule has 162 valence electrons. The van der Waals surface area contributed by atoms with Crippen molar-refractivity contribution >= 4 is 29.1 Å². The van der Waals surface area contributed by atoms with E-state index in [4.69, 9.17) is 0 Å². The van der Waals surface area contributed by atoms with Gasteiger partial charge in [0.25, 0.3) is 5.91 Å². The molecule has 3 aromatic carbocycles. The SMILES string of the molecule is Cc1cccc(-c2nnc3n2NC2(C(=O)Nc4ccccc42)C(C(=O)c2ccccc2)S3)c1. The van der Waals surface area contributed by atoms with Crippen LogP contribution in [0.2, 0.25) is 0 Å². The fourth-order valence-electron chi connectivity index (χ4n) is 4.50. The van der Waals surface area contributed by atoms with Gasteiger partial charge in [0.15, 0.2) is 17.1 Å². The van der Waals surface area contributed by atoms with Crippen LogP contribution in [0.5, 0.6) is 0 Å². The third-order valence-electron chi connectivity index (χ3n) is 6.07. The second kappa shape index (κ2) is 7.31. The molecular formula is C25H19N5O2S. The molecule has 1 aromatic heterocycles. The number of rotatable bonds is 3. The second-order valence-electron chi connectivity index (χ2n) is 8.16. The number of nitrogens with zero attached hydrogens (tertiary/aromatic N) is 3. The van der Waals surface area contributed by atoms with Crippen LogP contribution in [-0.4, -0.2) is 31.8 Å². The monoisotopic (exact) mass is 453 g/mol. The molecule has 4 aromatic rings. The van der Waals surface area contributed by atoms with E-state index in [9.17, 15) is 9.59 Å². The quantitative estimate of drug-likeness (QED) is 0.456. The summed E-state index contributed by atoms with van der Waals surface area (Å²) >= 11 is 1.26. The summed E-state index contributed by atoms with van der Waals surface area (Å²) in [5.41, 5.74) is 5.99. The minimum absolute atomic E-state index is 0.147. The molecule has 2 atom stereocenters. The van der Waals surface area contributed by atoms with Crippen molar-refractivity contribution < 1.29 is 9.59 Å². The molecule has 8 heteroatoms. The van der Waals surface area contributed by atoms with Crippen molar-refractivity contribution in [1.29, 1.82) is 0 Å². The number of ketones is 1. The molecule has 6 rings (SSSR count). The summed E-state index contributed by atoms with van der Waals surface area (Å²) < 4.78 is 1.73. The van der Waals surface area contributed by atoms with Gasteiger partial charge >= 0.3 is 0 Å². The third kappa shape index (κ3) is 2.91. The number of benzene rings is 3. The van der Waals surface area contributed by atoms with Crippen molar-refractivity contribution in [2.75, 3.05) is 10.7 Å². The Morgan fingerprint density at radius 2 is 1.79 bits per heavy atom. The van der Waals surface area contributed by atoms with E-state index in [2.05, 4.69) is 20.9 Å². The summed E-state index contributed by atoms with van der Waals surface area (Å²) in [6, 6.07) is 24.4. The summed E-state index contributed by atoms with van der Waals surface area (Å²) in [6.07, 6.45) is 0. The lowest BCUT2D eigenvalue weighted by Gasteiger charge is -2.40. The number of aryl methyl sites for hydroxylation is 1. The molecule has 2 aliphatic rings. The molecule has 1 amide bonds. The Bertz CT molecular complexity index is 1420. The van der Waals surface area contributed by atoms with Crippen molar-refractivity contribution in [3.8, 4) is 11.4 Å². The molecule has 0 saturated heterocycles. The van der Waals surface area contributed by atoms with E-state index in [1.54, 1.807) is 16.8 Å².